The smallest absolute Gasteiger partial charge is 0.223 e. The molecule has 1 aromatic heterocycles. The quantitative estimate of drug-likeness (QED) is 0.862. The van der Waals surface area contributed by atoms with Crippen LogP contribution in [0.4, 0.5) is 5.95 Å². The molecule has 19 heavy (non-hydrogen) atoms. The van der Waals surface area contributed by atoms with E-state index >= 15 is 0 Å². The van der Waals surface area contributed by atoms with Gasteiger partial charge in [-0.3, -0.25) is 0 Å². The predicted molar refractivity (Wildman–Crippen MR) is 73.1 cm³/mol. The number of nitrogens with one attached hydrogen (secondary N) is 1. The molecule has 5 heteroatoms. The summed E-state index contributed by atoms with van der Waals surface area (Å²) in [6.45, 7) is 1.29. The van der Waals surface area contributed by atoms with Gasteiger partial charge in [0.05, 0.1) is 26.1 Å². The first-order valence-electron chi connectivity index (χ1n) is 5.98. The van der Waals surface area contributed by atoms with Gasteiger partial charge >= 0.3 is 0 Å². The van der Waals surface area contributed by atoms with Gasteiger partial charge in [-0.15, -0.1) is 0 Å². The fourth-order valence-corrected chi connectivity index (χ4v) is 1.69. The van der Waals surface area contributed by atoms with Crippen LogP contribution < -0.4 is 10.1 Å². The molecule has 0 aliphatic carbocycles. The second kappa shape index (κ2) is 6.70. The third kappa shape index (κ3) is 3.93. The molecule has 1 heterocycles. The minimum absolute atomic E-state index is 0.581. The molecule has 0 amide bonds. The zero-order chi connectivity index (χ0) is 13.5. The Hall–Kier alpha value is -2.14. The molecule has 0 saturated heterocycles. The topological polar surface area (TPSA) is 56.3 Å². The van der Waals surface area contributed by atoms with Gasteiger partial charge < -0.3 is 14.8 Å². The number of anilines is 1. The fraction of sp³-hybridized carbons (Fsp3) is 0.286. The Morgan fingerprint density at radius 1 is 1.11 bits per heavy atom. The van der Waals surface area contributed by atoms with Gasteiger partial charge in [0.25, 0.3) is 0 Å². The summed E-state index contributed by atoms with van der Waals surface area (Å²) >= 11 is 0. The Labute approximate surface area is 112 Å². The van der Waals surface area contributed by atoms with Crippen molar-refractivity contribution >= 4 is 5.95 Å². The van der Waals surface area contributed by atoms with Gasteiger partial charge in [0.2, 0.25) is 5.95 Å². The number of nitrogens with zero attached hydrogens (tertiary/aromatic N) is 2. The van der Waals surface area contributed by atoms with Crippen LogP contribution in [-0.4, -0.2) is 24.2 Å². The van der Waals surface area contributed by atoms with E-state index in [0.29, 0.717) is 24.8 Å². The van der Waals surface area contributed by atoms with Gasteiger partial charge in [-0.1, -0.05) is 24.3 Å². The maximum atomic E-state index is 5.11. The minimum Gasteiger partial charge on any atom is -0.494 e. The van der Waals surface area contributed by atoms with Crippen LogP contribution in [0.25, 0.3) is 0 Å². The first-order valence-corrected chi connectivity index (χ1v) is 5.98. The molecule has 2 aromatic rings. The first-order chi connectivity index (χ1) is 9.31. The van der Waals surface area contributed by atoms with Crippen LogP contribution in [-0.2, 0) is 17.9 Å². The standard InChI is InChI=1S/C14H17N3O2/c1-18-10-12-5-3-4-11(6-12)7-15-14-16-8-13(19-2)9-17-14/h3-6,8-9H,7,10H2,1-2H3,(H,15,16,17). The Morgan fingerprint density at radius 3 is 2.53 bits per heavy atom. The highest BCUT2D eigenvalue weighted by Crippen LogP contribution is 2.10. The summed E-state index contributed by atoms with van der Waals surface area (Å²) in [5, 5.41) is 3.16. The molecule has 0 atom stereocenters. The predicted octanol–water partition coefficient (Wildman–Crippen LogP) is 2.24. The van der Waals surface area contributed by atoms with E-state index < -0.39 is 0 Å². The number of ether oxygens (including phenoxy) is 2. The van der Waals surface area contributed by atoms with Gasteiger partial charge in [-0.25, -0.2) is 9.97 Å². The van der Waals surface area contributed by atoms with E-state index in [1.165, 1.54) is 0 Å². The lowest BCUT2D eigenvalue weighted by atomic mass is 10.1. The van der Waals surface area contributed by atoms with E-state index in [-0.39, 0.29) is 0 Å². The number of methoxy groups -OCH3 is 2. The largest absolute Gasteiger partial charge is 0.494 e. The number of aromatic nitrogens is 2. The van der Waals surface area contributed by atoms with Crippen LogP contribution in [0.1, 0.15) is 11.1 Å². The number of rotatable bonds is 6. The van der Waals surface area contributed by atoms with Crippen LogP contribution >= 0.6 is 0 Å². The summed E-state index contributed by atoms with van der Waals surface area (Å²) in [5.74, 6) is 1.23. The number of hydrogen-bond acceptors (Lipinski definition) is 5. The van der Waals surface area contributed by atoms with Crippen LogP contribution in [0.3, 0.4) is 0 Å². The summed E-state index contributed by atoms with van der Waals surface area (Å²) < 4.78 is 10.1. The normalized spacial score (nSPS) is 10.2. The summed E-state index contributed by atoms with van der Waals surface area (Å²) in [6.07, 6.45) is 3.27. The van der Waals surface area contributed by atoms with Gasteiger partial charge in [-0.05, 0) is 11.1 Å². The molecule has 0 spiro atoms. The summed E-state index contributed by atoms with van der Waals surface area (Å²) in [4.78, 5) is 8.30. The molecule has 0 fully saturated rings. The lowest BCUT2D eigenvalue weighted by Crippen LogP contribution is -2.04. The Bertz CT molecular complexity index is 514. The Morgan fingerprint density at radius 2 is 1.84 bits per heavy atom. The van der Waals surface area contributed by atoms with E-state index in [1.54, 1.807) is 26.6 Å². The molecule has 0 unspecified atom stereocenters. The molecule has 5 nitrogen and oxygen atoms in total. The third-order valence-electron chi connectivity index (χ3n) is 2.62. The van der Waals surface area contributed by atoms with Crippen LogP contribution in [0.5, 0.6) is 5.75 Å². The molecule has 1 N–H and O–H groups in total. The molecule has 100 valence electrons. The van der Waals surface area contributed by atoms with Crippen molar-refractivity contribution in [2.75, 3.05) is 19.5 Å². The second-order valence-electron chi connectivity index (χ2n) is 4.05. The van der Waals surface area contributed by atoms with Crippen molar-refractivity contribution in [1.82, 2.24) is 9.97 Å². The van der Waals surface area contributed by atoms with Crippen LogP contribution in [0.15, 0.2) is 36.7 Å². The summed E-state index contributed by atoms with van der Waals surface area (Å²) in [7, 11) is 3.28. The molecule has 0 bridgehead atoms. The molecule has 0 aliphatic heterocycles. The van der Waals surface area contributed by atoms with Crippen molar-refractivity contribution in [2.24, 2.45) is 0 Å². The van der Waals surface area contributed by atoms with E-state index in [9.17, 15) is 0 Å². The maximum absolute atomic E-state index is 5.11. The maximum Gasteiger partial charge on any atom is 0.223 e. The van der Waals surface area contributed by atoms with Crippen molar-refractivity contribution in [3.05, 3.63) is 47.8 Å². The highest BCUT2D eigenvalue weighted by molar-refractivity contribution is 5.31. The van der Waals surface area contributed by atoms with Gasteiger partial charge in [-0.2, -0.15) is 0 Å². The van der Waals surface area contributed by atoms with E-state index in [0.717, 1.165) is 11.1 Å². The third-order valence-corrected chi connectivity index (χ3v) is 2.62. The first kappa shape index (κ1) is 13.3. The van der Waals surface area contributed by atoms with Crippen molar-refractivity contribution in [3.63, 3.8) is 0 Å². The SMILES string of the molecule is COCc1cccc(CNc2ncc(OC)cn2)c1. The Kier molecular flexibility index (Phi) is 4.69. The average molecular weight is 259 g/mol. The lowest BCUT2D eigenvalue weighted by Gasteiger charge is -2.07. The molecule has 1 aromatic carbocycles. The summed E-state index contributed by atoms with van der Waals surface area (Å²) in [5.41, 5.74) is 2.31. The van der Waals surface area contributed by atoms with Crippen molar-refractivity contribution in [1.29, 1.82) is 0 Å². The lowest BCUT2D eigenvalue weighted by molar-refractivity contribution is 0.185. The van der Waals surface area contributed by atoms with Gasteiger partial charge in [0, 0.05) is 13.7 Å². The molecular weight excluding hydrogens is 242 g/mol. The van der Waals surface area contributed by atoms with Crippen molar-refractivity contribution in [2.45, 2.75) is 13.2 Å². The highest BCUT2D eigenvalue weighted by atomic mass is 16.5. The average Bonchev–Trinajstić information content (AvgIpc) is 2.46. The number of hydrogen-bond donors (Lipinski definition) is 1. The van der Waals surface area contributed by atoms with E-state index in [4.69, 9.17) is 9.47 Å². The van der Waals surface area contributed by atoms with Gasteiger partial charge in [0.1, 0.15) is 0 Å². The molecule has 2 rings (SSSR count). The second-order valence-corrected chi connectivity index (χ2v) is 4.05. The molecule has 0 saturated carbocycles. The van der Waals surface area contributed by atoms with Crippen molar-refractivity contribution < 1.29 is 9.47 Å². The van der Waals surface area contributed by atoms with Gasteiger partial charge in [0.15, 0.2) is 5.75 Å². The molecule has 0 aliphatic rings. The number of benzene rings is 1. The monoisotopic (exact) mass is 259 g/mol. The fourth-order valence-electron chi connectivity index (χ4n) is 1.69. The zero-order valence-electron chi connectivity index (χ0n) is 11.1. The highest BCUT2D eigenvalue weighted by Gasteiger charge is 1.99. The van der Waals surface area contributed by atoms with E-state index in [1.807, 2.05) is 12.1 Å². The van der Waals surface area contributed by atoms with Crippen molar-refractivity contribution in [3.8, 4) is 5.75 Å². The minimum atomic E-state index is 0.581. The molecular formula is C14H17N3O2. The molecule has 0 radical (unpaired) electrons. The summed E-state index contributed by atoms with van der Waals surface area (Å²) in [6, 6.07) is 8.20. The Balaban J connectivity index is 1.95. The zero-order valence-corrected chi connectivity index (χ0v) is 11.1. The van der Waals surface area contributed by atoms with E-state index in [2.05, 4.69) is 27.4 Å². The van der Waals surface area contributed by atoms with Crippen LogP contribution in [0, 0.1) is 0 Å². The van der Waals surface area contributed by atoms with Crippen LogP contribution in [0.2, 0.25) is 0 Å².